The van der Waals surface area contributed by atoms with Gasteiger partial charge in [-0.25, -0.2) is 4.79 Å². The van der Waals surface area contributed by atoms with Gasteiger partial charge in [-0.2, -0.15) is 0 Å². The van der Waals surface area contributed by atoms with Crippen LogP contribution in [0.1, 0.15) is 56.2 Å². The van der Waals surface area contributed by atoms with Gasteiger partial charge >= 0.3 is 6.03 Å². The topological polar surface area (TPSA) is 44.4 Å². The molecule has 0 atom stereocenters. The molecule has 6 heteroatoms. The van der Waals surface area contributed by atoms with E-state index >= 15 is 0 Å². The predicted molar refractivity (Wildman–Crippen MR) is 146 cm³/mol. The summed E-state index contributed by atoms with van der Waals surface area (Å²) in [5.41, 5.74) is 5.86. The van der Waals surface area contributed by atoms with Crippen molar-refractivity contribution in [3.63, 3.8) is 0 Å². The van der Waals surface area contributed by atoms with Crippen molar-refractivity contribution in [2.75, 3.05) is 41.4 Å². The summed E-state index contributed by atoms with van der Waals surface area (Å²) in [6, 6.07) is 15.1. The van der Waals surface area contributed by atoms with Gasteiger partial charge < -0.3 is 15.5 Å². The van der Waals surface area contributed by atoms with Gasteiger partial charge in [0.25, 0.3) is 0 Å². The first-order chi connectivity index (χ1) is 15.9. The maximum Gasteiger partial charge on any atom is 0.319 e. The van der Waals surface area contributed by atoms with Gasteiger partial charge in [-0.15, -0.1) is 23.5 Å². The zero-order valence-electron chi connectivity index (χ0n) is 20.1. The van der Waals surface area contributed by atoms with Gasteiger partial charge in [-0.1, -0.05) is 70.2 Å². The number of carbonyl (C=O) groups is 1. The summed E-state index contributed by atoms with van der Waals surface area (Å²) in [6.07, 6.45) is 4.42. The van der Waals surface area contributed by atoms with E-state index in [1.807, 2.05) is 23.5 Å². The molecule has 0 aromatic heterocycles. The number of amides is 2. The molecule has 0 aliphatic carbocycles. The molecule has 0 saturated carbocycles. The molecule has 1 fully saturated rings. The number of benzene rings is 2. The second-order valence-corrected chi connectivity index (χ2v) is 12.3. The highest BCUT2D eigenvalue weighted by Gasteiger charge is 2.38. The fourth-order valence-electron chi connectivity index (χ4n) is 4.49. The molecule has 0 bridgehead atoms. The second kappa shape index (κ2) is 10.5. The van der Waals surface area contributed by atoms with Crippen molar-refractivity contribution in [1.29, 1.82) is 0 Å². The number of anilines is 2. The Hall–Kier alpha value is -2.05. The van der Waals surface area contributed by atoms with E-state index in [1.165, 1.54) is 22.4 Å². The van der Waals surface area contributed by atoms with Crippen molar-refractivity contribution in [2.24, 2.45) is 0 Å². The van der Waals surface area contributed by atoms with Crippen LogP contribution < -0.4 is 15.5 Å². The summed E-state index contributed by atoms with van der Waals surface area (Å²) in [5, 5.41) is 6.40. The van der Waals surface area contributed by atoms with Crippen LogP contribution in [-0.2, 0) is 4.08 Å². The summed E-state index contributed by atoms with van der Waals surface area (Å²) >= 11 is 3.88. The van der Waals surface area contributed by atoms with Crippen LogP contribution in [0.2, 0.25) is 0 Å². The number of rotatable bonds is 7. The van der Waals surface area contributed by atoms with E-state index in [4.69, 9.17) is 0 Å². The summed E-state index contributed by atoms with van der Waals surface area (Å²) in [7, 11) is 0. The number of hydrogen-bond donors (Lipinski definition) is 2. The third-order valence-corrected chi connectivity index (χ3v) is 9.81. The number of hydrogen-bond acceptors (Lipinski definition) is 4. The van der Waals surface area contributed by atoms with Crippen LogP contribution in [0.4, 0.5) is 16.2 Å². The van der Waals surface area contributed by atoms with Crippen LogP contribution in [0.15, 0.2) is 54.6 Å². The third-order valence-electron chi connectivity index (χ3n) is 6.34. The van der Waals surface area contributed by atoms with E-state index < -0.39 is 0 Å². The van der Waals surface area contributed by atoms with Crippen molar-refractivity contribution < 1.29 is 4.79 Å². The molecule has 2 aromatic rings. The number of para-hydroxylation sites is 1. The molecule has 2 heterocycles. The molecular formula is C27H35N3OS2. The van der Waals surface area contributed by atoms with Gasteiger partial charge in [0.1, 0.15) is 4.08 Å². The van der Waals surface area contributed by atoms with Crippen LogP contribution in [0.5, 0.6) is 0 Å². The summed E-state index contributed by atoms with van der Waals surface area (Å²) in [6.45, 7) is 11.2. The Bertz CT molecular complexity index is 961. The van der Waals surface area contributed by atoms with Gasteiger partial charge in [0.05, 0.1) is 0 Å². The van der Waals surface area contributed by atoms with E-state index in [0.717, 1.165) is 30.3 Å². The van der Waals surface area contributed by atoms with E-state index in [2.05, 4.69) is 97.8 Å². The molecule has 4 nitrogen and oxygen atoms in total. The highest BCUT2D eigenvalue weighted by molar-refractivity contribution is 8.20. The fraction of sp³-hybridized carbons (Fsp3) is 0.444. The van der Waals surface area contributed by atoms with E-state index in [1.54, 1.807) is 0 Å². The van der Waals surface area contributed by atoms with Crippen LogP contribution in [-0.4, -0.2) is 37.2 Å². The summed E-state index contributed by atoms with van der Waals surface area (Å²) in [4.78, 5) is 15.4. The minimum Gasteiger partial charge on any atom is -0.364 e. The van der Waals surface area contributed by atoms with Crippen molar-refractivity contribution in [1.82, 2.24) is 5.32 Å². The molecule has 0 spiro atoms. The Kier molecular flexibility index (Phi) is 7.65. The highest BCUT2D eigenvalue weighted by Crippen LogP contribution is 2.51. The molecule has 4 rings (SSSR count). The molecule has 2 N–H and O–H groups in total. The lowest BCUT2D eigenvalue weighted by atomic mass is 9.93. The minimum atomic E-state index is -0.141. The Morgan fingerprint density at radius 1 is 0.939 bits per heavy atom. The SMILES string of the molecule is CC(C)c1cccc(C(C)C)c1NC(=O)NCC1(c2ccc(N3CC=CC3)cc2)SCCS1. The quantitative estimate of drug-likeness (QED) is 0.429. The fourth-order valence-corrected chi connectivity index (χ4v) is 7.60. The molecule has 2 amide bonds. The zero-order valence-corrected chi connectivity index (χ0v) is 21.7. The van der Waals surface area contributed by atoms with Crippen molar-refractivity contribution in [3.8, 4) is 0 Å². The van der Waals surface area contributed by atoms with Gasteiger partial charge in [0.2, 0.25) is 0 Å². The normalized spacial score (nSPS) is 17.2. The van der Waals surface area contributed by atoms with Crippen LogP contribution in [0.25, 0.3) is 0 Å². The number of urea groups is 1. The predicted octanol–water partition coefficient (Wildman–Crippen LogP) is 6.76. The first-order valence-corrected chi connectivity index (χ1v) is 13.8. The summed E-state index contributed by atoms with van der Waals surface area (Å²) in [5.74, 6) is 2.88. The first-order valence-electron chi connectivity index (χ1n) is 11.9. The Labute approximate surface area is 207 Å². The van der Waals surface area contributed by atoms with Gasteiger partial charge in [0, 0.05) is 42.5 Å². The van der Waals surface area contributed by atoms with Crippen molar-refractivity contribution in [2.45, 2.75) is 43.6 Å². The lowest BCUT2D eigenvalue weighted by Crippen LogP contribution is -2.38. The second-order valence-electron chi connectivity index (χ2n) is 9.30. The van der Waals surface area contributed by atoms with E-state index in [-0.39, 0.29) is 10.1 Å². The molecule has 0 radical (unpaired) electrons. The Morgan fingerprint density at radius 2 is 1.52 bits per heavy atom. The number of nitrogens with zero attached hydrogens (tertiary/aromatic N) is 1. The van der Waals surface area contributed by atoms with Crippen molar-refractivity contribution in [3.05, 3.63) is 71.3 Å². The molecular weight excluding hydrogens is 446 g/mol. The van der Waals surface area contributed by atoms with Crippen LogP contribution in [0, 0.1) is 0 Å². The maximum absolute atomic E-state index is 13.1. The molecule has 2 aliphatic heterocycles. The lowest BCUT2D eigenvalue weighted by molar-refractivity contribution is 0.252. The molecule has 0 unspecified atom stereocenters. The standard InChI is InChI=1S/C27H35N3OS2/c1-19(2)23-8-7-9-24(20(3)4)25(23)29-26(31)28-18-27(32-16-17-33-27)21-10-12-22(13-11-21)30-14-5-6-15-30/h5-13,19-20H,14-18H2,1-4H3,(H2,28,29,31). The van der Waals surface area contributed by atoms with Crippen molar-refractivity contribution >= 4 is 40.9 Å². The number of thioether (sulfide) groups is 2. The number of carbonyl (C=O) groups excluding carboxylic acids is 1. The number of nitrogens with one attached hydrogen (secondary N) is 2. The van der Waals surface area contributed by atoms with Crippen LogP contribution in [0.3, 0.4) is 0 Å². The molecule has 2 aliphatic rings. The zero-order chi connectivity index (χ0) is 23.4. The van der Waals surface area contributed by atoms with Gasteiger partial charge in [0.15, 0.2) is 0 Å². The third kappa shape index (κ3) is 5.38. The average molecular weight is 482 g/mol. The van der Waals surface area contributed by atoms with E-state index in [9.17, 15) is 4.79 Å². The smallest absolute Gasteiger partial charge is 0.319 e. The molecule has 176 valence electrons. The van der Waals surface area contributed by atoms with E-state index in [0.29, 0.717) is 18.4 Å². The summed E-state index contributed by atoms with van der Waals surface area (Å²) < 4.78 is -0.141. The Balaban J connectivity index is 1.47. The van der Waals surface area contributed by atoms with Gasteiger partial charge in [-0.3, -0.25) is 0 Å². The molecule has 2 aromatic carbocycles. The Morgan fingerprint density at radius 3 is 2.06 bits per heavy atom. The monoisotopic (exact) mass is 481 g/mol. The lowest BCUT2D eigenvalue weighted by Gasteiger charge is -2.29. The molecule has 1 saturated heterocycles. The van der Waals surface area contributed by atoms with Gasteiger partial charge in [-0.05, 0) is 40.7 Å². The maximum atomic E-state index is 13.1. The first kappa shape index (κ1) is 24.1. The minimum absolute atomic E-state index is 0.128. The largest absolute Gasteiger partial charge is 0.364 e. The average Bonchev–Trinajstić information content (AvgIpc) is 3.51. The highest BCUT2D eigenvalue weighted by atomic mass is 32.2. The van der Waals surface area contributed by atoms with Crippen LogP contribution >= 0.6 is 23.5 Å². The molecule has 33 heavy (non-hydrogen) atoms.